The second-order valence-electron chi connectivity index (χ2n) is 10.5. The van der Waals surface area contributed by atoms with Gasteiger partial charge in [-0.2, -0.15) is 0 Å². The van der Waals surface area contributed by atoms with Gasteiger partial charge in [0.25, 0.3) is 5.91 Å². The standard InChI is InChI=1S/C30H26FN3O5/c1-38-23-12-9-16(14-24(23)39-2)26(35)25-22-8-5-13-34(22)30(19-15-17(31)10-11-21(19)33-28(30)37)29(25)18-6-3-4-7-20(18)32-27(29)36/h3-4,6-7,9-12,14-15,22,25H,5,8,13H2,1-2H3,(H,32,36)(H,33,37)/t22-,25-,29+,30+/m0/s1. The van der Waals surface area contributed by atoms with Gasteiger partial charge in [-0.25, -0.2) is 4.39 Å². The summed E-state index contributed by atoms with van der Waals surface area (Å²) in [5, 5.41) is 5.91. The van der Waals surface area contributed by atoms with Crippen LogP contribution >= 0.6 is 0 Å². The Morgan fingerprint density at radius 3 is 2.46 bits per heavy atom. The van der Waals surface area contributed by atoms with Gasteiger partial charge < -0.3 is 20.1 Å². The lowest BCUT2D eigenvalue weighted by atomic mass is 9.57. The number of nitrogens with one attached hydrogen (secondary N) is 2. The van der Waals surface area contributed by atoms with Crippen molar-refractivity contribution in [2.45, 2.75) is 29.8 Å². The Hall–Kier alpha value is -4.24. The van der Waals surface area contributed by atoms with Gasteiger partial charge >= 0.3 is 0 Å². The fraction of sp³-hybridized carbons (Fsp3) is 0.300. The second kappa shape index (κ2) is 8.13. The fourth-order valence-electron chi connectivity index (χ4n) is 7.72. The van der Waals surface area contributed by atoms with Crippen LogP contribution in [-0.2, 0) is 20.5 Å². The third kappa shape index (κ3) is 2.73. The molecular formula is C30H26FN3O5. The average molecular weight is 528 g/mol. The molecule has 0 saturated carbocycles. The minimum Gasteiger partial charge on any atom is -0.493 e. The van der Waals surface area contributed by atoms with Crippen LogP contribution in [0.25, 0.3) is 0 Å². The highest BCUT2D eigenvalue weighted by atomic mass is 19.1. The first-order chi connectivity index (χ1) is 18.9. The first-order valence-electron chi connectivity index (χ1n) is 12.9. The number of ketones is 1. The van der Waals surface area contributed by atoms with Crippen LogP contribution in [-0.4, -0.2) is 49.3 Å². The Morgan fingerprint density at radius 2 is 1.67 bits per heavy atom. The van der Waals surface area contributed by atoms with Gasteiger partial charge in [0.15, 0.2) is 17.3 Å². The third-order valence-electron chi connectivity index (χ3n) is 9.01. The molecular weight excluding hydrogens is 501 g/mol. The first kappa shape index (κ1) is 23.8. The van der Waals surface area contributed by atoms with E-state index in [0.717, 1.165) is 6.42 Å². The Labute approximate surface area is 224 Å². The number of fused-ring (bicyclic) bond motifs is 7. The third-order valence-corrected chi connectivity index (χ3v) is 9.01. The van der Waals surface area contributed by atoms with Crippen LogP contribution in [0.3, 0.4) is 0 Å². The summed E-state index contributed by atoms with van der Waals surface area (Å²) in [7, 11) is 3.01. The average Bonchev–Trinajstić information content (AvgIpc) is 3.66. The number of halogens is 1. The van der Waals surface area contributed by atoms with E-state index in [1.54, 1.807) is 42.5 Å². The van der Waals surface area contributed by atoms with Crippen LogP contribution in [0.5, 0.6) is 11.5 Å². The molecule has 0 aromatic heterocycles. The van der Waals surface area contributed by atoms with E-state index in [0.29, 0.717) is 52.5 Å². The minimum absolute atomic E-state index is 0.283. The van der Waals surface area contributed by atoms with E-state index in [9.17, 15) is 18.8 Å². The van der Waals surface area contributed by atoms with Crippen molar-refractivity contribution in [3.63, 3.8) is 0 Å². The molecule has 2 N–H and O–H groups in total. The summed E-state index contributed by atoms with van der Waals surface area (Å²) in [4.78, 5) is 45.4. The van der Waals surface area contributed by atoms with Gasteiger partial charge in [-0.15, -0.1) is 0 Å². The number of para-hydroxylation sites is 1. The number of carbonyl (C=O) groups is 3. The number of carbonyl (C=O) groups excluding carboxylic acids is 3. The molecule has 7 rings (SSSR count). The van der Waals surface area contributed by atoms with Crippen LogP contribution in [0, 0.1) is 11.7 Å². The molecule has 2 fully saturated rings. The van der Waals surface area contributed by atoms with E-state index in [1.165, 1.54) is 32.4 Å². The van der Waals surface area contributed by atoms with Gasteiger partial charge in [-0.05, 0) is 67.4 Å². The van der Waals surface area contributed by atoms with Crippen molar-refractivity contribution < 1.29 is 28.2 Å². The molecule has 0 aliphatic carbocycles. The largest absolute Gasteiger partial charge is 0.493 e. The number of methoxy groups -OCH3 is 2. The predicted octanol–water partition coefficient (Wildman–Crippen LogP) is 3.86. The highest BCUT2D eigenvalue weighted by Crippen LogP contribution is 2.67. The van der Waals surface area contributed by atoms with E-state index >= 15 is 0 Å². The summed E-state index contributed by atoms with van der Waals surface area (Å²) in [6.45, 7) is 0.487. The molecule has 4 atom stereocenters. The molecule has 4 aliphatic heterocycles. The predicted molar refractivity (Wildman–Crippen MR) is 141 cm³/mol. The zero-order valence-corrected chi connectivity index (χ0v) is 21.4. The topological polar surface area (TPSA) is 97.0 Å². The molecule has 9 heteroatoms. The van der Waals surface area contributed by atoms with Crippen molar-refractivity contribution in [1.82, 2.24) is 4.90 Å². The highest BCUT2D eigenvalue weighted by Gasteiger charge is 2.81. The molecule has 3 aromatic rings. The second-order valence-corrected chi connectivity index (χ2v) is 10.5. The Bertz CT molecular complexity index is 1590. The van der Waals surface area contributed by atoms with Crippen molar-refractivity contribution in [2.24, 2.45) is 5.92 Å². The fourth-order valence-corrected chi connectivity index (χ4v) is 7.72. The number of benzene rings is 3. The summed E-state index contributed by atoms with van der Waals surface area (Å²) in [5.74, 6) is -1.74. The number of hydrogen-bond acceptors (Lipinski definition) is 6. The summed E-state index contributed by atoms with van der Waals surface area (Å²) in [5.41, 5.74) is -0.963. The lowest BCUT2D eigenvalue weighted by molar-refractivity contribution is -0.137. The molecule has 198 valence electrons. The van der Waals surface area contributed by atoms with Crippen molar-refractivity contribution in [1.29, 1.82) is 0 Å². The van der Waals surface area contributed by atoms with Crippen molar-refractivity contribution >= 4 is 29.0 Å². The molecule has 8 nitrogen and oxygen atoms in total. The first-order valence-corrected chi connectivity index (χ1v) is 12.9. The SMILES string of the molecule is COc1ccc(C(=O)[C@@H]2[C@@H]3CCCN3[C@]3(C(=O)Nc4ccc(F)cc43)[C@@]23C(=O)Nc2ccccc23)cc1OC. The monoisotopic (exact) mass is 527 g/mol. The highest BCUT2D eigenvalue weighted by molar-refractivity contribution is 6.21. The van der Waals surface area contributed by atoms with Gasteiger partial charge in [0.05, 0.1) is 20.1 Å². The number of anilines is 2. The number of Topliss-reactive ketones (excluding diaryl/α,β-unsaturated/α-hetero) is 1. The van der Waals surface area contributed by atoms with Crippen molar-refractivity contribution in [3.8, 4) is 11.5 Å². The molecule has 4 aliphatic rings. The Balaban J connectivity index is 1.55. The Kier molecular flexibility index (Phi) is 4.97. The van der Waals surface area contributed by atoms with Crippen LogP contribution in [0.4, 0.5) is 15.8 Å². The maximum absolute atomic E-state index is 14.9. The molecule has 0 radical (unpaired) electrons. The van der Waals surface area contributed by atoms with Crippen LogP contribution in [0.2, 0.25) is 0 Å². The zero-order valence-electron chi connectivity index (χ0n) is 21.4. The number of hydrogen-bond donors (Lipinski definition) is 2. The van der Waals surface area contributed by atoms with Crippen LogP contribution in [0.15, 0.2) is 60.7 Å². The Morgan fingerprint density at radius 1 is 0.923 bits per heavy atom. The van der Waals surface area contributed by atoms with Crippen LogP contribution in [0.1, 0.15) is 34.3 Å². The van der Waals surface area contributed by atoms with E-state index < -0.39 is 40.5 Å². The molecule has 2 spiro atoms. The molecule has 0 unspecified atom stereocenters. The van der Waals surface area contributed by atoms with Gasteiger partial charge in [0.1, 0.15) is 16.8 Å². The quantitative estimate of drug-likeness (QED) is 0.501. The van der Waals surface area contributed by atoms with Crippen molar-refractivity contribution in [2.75, 3.05) is 31.4 Å². The molecule has 0 bridgehead atoms. The van der Waals surface area contributed by atoms with E-state index in [-0.39, 0.29) is 5.78 Å². The number of ether oxygens (including phenoxy) is 2. The normalized spacial score (nSPS) is 28.3. The number of nitrogens with zero attached hydrogens (tertiary/aromatic N) is 1. The molecule has 2 saturated heterocycles. The summed E-state index contributed by atoms with van der Waals surface area (Å²) in [6.07, 6.45) is 1.35. The van der Waals surface area contributed by atoms with Gasteiger partial charge in [0.2, 0.25) is 5.91 Å². The van der Waals surface area contributed by atoms with Gasteiger partial charge in [-0.3, -0.25) is 19.3 Å². The van der Waals surface area contributed by atoms with E-state index in [4.69, 9.17) is 9.47 Å². The summed E-state index contributed by atoms with van der Waals surface area (Å²) < 4.78 is 25.7. The van der Waals surface area contributed by atoms with E-state index in [1.807, 2.05) is 4.90 Å². The lowest BCUT2D eigenvalue weighted by Gasteiger charge is -2.43. The summed E-state index contributed by atoms with van der Waals surface area (Å²) in [6, 6.07) is 15.8. The smallest absolute Gasteiger partial charge is 0.251 e. The molecule has 39 heavy (non-hydrogen) atoms. The zero-order chi connectivity index (χ0) is 27.1. The minimum atomic E-state index is -1.64. The van der Waals surface area contributed by atoms with Crippen LogP contribution < -0.4 is 20.1 Å². The molecule has 4 heterocycles. The lowest BCUT2D eigenvalue weighted by Crippen LogP contribution is -2.62. The number of rotatable bonds is 4. The molecule has 2 amide bonds. The molecule has 3 aromatic carbocycles. The van der Waals surface area contributed by atoms with Crippen molar-refractivity contribution in [3.05, 3.63) is 83.2 Å². The van der Waals surface area contributed by atoms with Gasteiger partial charge in [0, 0.05) is 28.5 Å². The summed E-state index contributed by atoms with van der Waals surface area (Å²) >= 11 is 0. The maximum Gasteiger partial charge on any atom is 0.251 e. The van der Waals surface area contributed by atoms with Gasteiger partial charge in [-0.1, -0.05) is 18.2 Å². The van der Waals surface area contributed by atoms with E-state index in [2.05, 4.69) is 10.6 Å². The number of amides is 2. The maximum atomic E-state index is 14.9.